The van der Waals surface area contributed by atoms with Crippen LogP contribution in [0.3, 0.4) is 0 Å². The number of nitrogens with two attached hydrogens (primary N) is 1. The van der Waals surface area contributed by atoms with E-state index >= 15 is 0 Å². The molecular formula is C11H9ClF3NO3. The average Bonchev–Trinajstić information content (AvgIpc) is 2.27. The highest BCUT2D eigenvalue weighted by atomic mass is 35.5. The summed E-state index contributed by atoms with van der Waals surface area (Å²) in [4.78, 5) is 19.2. The minimum Gasteiger partial charge on any atom is -0.475 e. The molecule has 0 aliphatic carbocycles. The lowest BCUT2D eigenvalue weighted by molar-refractivity contribution is -0.192. The molecule has 0 spiro atoms. The van der Waals surface area contributed by atoms with Crippen molar-refractivity contribution in [1.29, 1.82) is 0 Å². The second-order valence-electron chi connectivity index (χ2n) is 3.09. The number of primary amides is 1. The van der Waals surface area contributed by atoms with Gasteiger partial charge in [-0.1, -0.05) is 23.7 Å². The maximum Gasteiger partial charge on any atom is 0.490 e. The topological polar surface area (TPSA) is 80.4 Å². The maximum atomic E-state index is 10.6. The number of hydrogen-bond donors (Lipinski definition) is 2. The standard InChI is InChI=1S/C9H8ClNO.C2HF3O2/c10-8-4-1-7(2-5-8)3-6-9(11)12;3-2(4,5)1(6)7/h1-6H,(H2,11,12);(H,6,7)/b6-3+;. The molecule has 0 saturated heterocycles. The molecule has 19 heavy (non-hydrogen) atoms. The van der Waals surface area contributed by atoms with Gasteiger partial charge in [0.05, 0.1) is 0 Å². The first-order chi connectivity index (χ1) is 8.62. The van der Waals surface area contributed by atoms with E-state index in [1.807, 2.05) is 12.1 Å². The fourth-order valence-corrected chi connectivity index (χ4v) is 0.878. The van der Waals surface area contributed by atoms with Gasteiger partial charge in [-0.25, -0.2) is 4.79 Å². The van der Waals surface area contributed by atoms with Crippen LogP contribution in [0.2, 0.25) is 5.02 Å². The SMILES string of the molecule is NC(=O)/C=C/c1ccc(Cl)cc1.O=C(O)C(F)(F)F. The van der Waals surface area contributed by atoms with Crippen molar-refractivity contribution in [3.63, 3.8) is 0 Å². The fourth-order valence-electron chi connectivity index (χ4n) is 0.752. The highest BCUT2D eigenvalue weighted by Gasteiger charge is 2.38. The molecule has 4 nitrogen and oxygen atoms in total. The molecular weight excluding hydrogens is 287 g/mol. The Hall–Kier alpha value is -2.02. The van der Waals surface area contributed by atoms with Gasteiger partial charge in [-0.05, 0) is 23.8 Å². The summed E-state index contributed by atoms with van der Waals surface area (Å²) < 4.78 is 31.7. The zero-order valence-electron chi connectivity index (χ0n) is 9.32. The summed E-state index contributed by atoms with van der Waals surface area (Å²) in [7, 11) is 0. The van der Waals surface area contributed by atoms with Crippen molar-refractivity contribution in [2.24, 2.45) is 5.73 Å². The number of carbonyl (C=O) groups excluding carboxylic acids is 1. The minimum atomic E-state index is -5.08. The highest BCUT2D eigenvalue weighted by molar-refractivity contribution is 6.30. The van der Waals surface area contributed by atoms with E-state index < -0.39 is 18.1 Å². The summed E-state index contributed by atoms with van der Waals surface area (Å²) in [5.74, 6) is -3.21. The number of hydrogen-bond acceptors (Lipinski definition) is 2. The molecule has 3 N–H and O–H groups in total. The Balaban J connectivity index is 0.000000399. The monoisotopic (exact) mass is 295 g/mol. The number of aliphatic carboxylic acids is 1. The van der Waals surface area contributed by atoms with Gasteiger partial charge in [-0.2, -0.15) is 13.2 Å². The van der Waals surface area contributed by atoms with E-state index in [1.54, 1.807) is 18.2 Å². The summed E-state index contributed by atoms with van der Waals surface area (Å²) in [6, 6.07) is 7.12. The molecule has 0 atom stereocenters. The van der Waals surface area contributed by atoms with Crippen molar-refractivity contribution in [1.82, 2.24) is 0 Å². The number of halogens is 4. The molecule has 0 bridgehead atoms. The zero-order valence-corrected chi connectivity index (χ0v) is 10.1. The number of rotatable bonds is 2. The van der Waals surface area contributed by atoms with Gasteiger partial charge in [0.2, 0.25) is 5.91 Å². The molecule has 0 heterocycles. The molecule has 0 aromatic heterocycles. The largest absolute Gasteiger partial charge is 0.490 e. The van der Waals surface area contributed by atoms with Gasteiger partial charge in [0, 0.05) is 11.1 Å². The molecule has 1 amide bonds. The first-order valence-corrected chi connectivity index (χ1v) is 5.04. The molecule has 0 fully saturated rings. The first kappa shape index (κ1) is 17.0. The van der Waals surface area contributed by atoms with Crippen LogP contribution in [0.5, 0.6) is 0 Å². The predicted octanol–water partition coefficient (Wildman–Crippen LogP) is 2.47. The number of benzene rings is 1. The minimum absolute atomic E-state index is 0.454. The van der Waals surface area contributed by atoms with E-state index in [4.69, 9.17) is 27.2 Å². The van der Waals surface area contributed by atoms with Crippen LogP contribution in [-0.2, 0) is 9.59 Å². The molecule has 104 valence electrons. The molecule has 1 aromatic rings. The second-order valence-corrected chi connectivity index (χ2v) is 3.53. The van der Waals surface area contributed by atoms with Crippen molar-refractivity contribution in [3.8, 4) is 0 Å². The Kier molecular flexibility index (Phi) is 6.63. The smallest absolute Gasteiger partial charge is 0.475 e. The Morgan fingerprint density at radius 2 is 1.63 bits per heavy atom. The summed E-state index contributed by atoms with van der Waals surface area (Å²) in [6.45, 7) is 0. The van der Waals surface area contributed by atoms with Crippen LogP contribution in [0.1, 0.15) is 5.56 Å². The first-order valence-electron chi connectivity index (χ1n) is 4.66. The molecule has 0 radical (unpaired) electrons. The van der Waals surface area contributed by atoms with Gasteiger partial charge in [0.25, 0.3) is 0 Å². The number of alkyl halides is 3. The van der Waals surface area contributed by atoms with E-state index in [-0.39, 0.29) is 0 Å². The Bertz CT molecular complexity index is 469. The van der Waals surface area contributed by atoms with Gasteiger partial charge in [-0.15, -0.1) is 0 Å². The van der Waals surface area contributed by atoms with E-state index in [0.717, 1.165) is 5.56 Å². The molecule has 0 unspecified atom stereocenters. The second kappa shape index (κ2) is 7.42. The van der Waals surface area contributed by atoms with Crippen molar-refractivity contribution >= 4 is 29.6 Å². The van der Waals surface area contributed by atoms with Crippen molar-refractivity contribution in [2.75, 3.05) is 0 Å². The van der Waals surface area contributed by atoms with Crippen LogP contribution in [0.15, 0.2) is 30.3 Å². The van der Waals surface area contributed by atoms with Crippen LogP contribution in [0.4, 0.5) is 13.2 Å². The Morgan fingerprint density at radius 3 is 1.95 bits per heavy atom. The van der Waals surface area contributed by atoms with Gasteiger partial charge < -0.3 is 10.8 Å². The summed E-state index contributed by atoms with van der Waals surface area (Å²) in [6.07, 6.45) is -2.14. The number of amides is 1. The van der Waals surface area contributed by atoms with Crippen LogP contribution in [-0.4, -0.2) is 23.2 Å². The van der Waals surface area contributed by atoms with Gasteiger partial charge in [-0.3, -0.25) is 4.79 Å². The quantitative estimate of drug-likeness (QED) is 0.823. The zero-order chi connectivity index (χ0) is 15.1. The van der Waals surface area contributed by atoms with Crippen molar-refractivity contribution in [3.05, 3.63) is 40.9 Å². The van der Waals surface area contributed by atoms with Crippen LogP contribution in [0, 0.1) is 0 Å². The summed E-state index contributed by atoms with van der Waals surface area (Å²) >= 11 is 5.66. The van der Waals surface area contributed by atoms with Gasteiger partial charge in [0.15, 0.2) is 0 Å². The fraction of sp³-hybridized carbons (Fsp3) is 0.0909. The summed E-state index contributed by atoms with van der Waals surface area (Å²) in [5.41, 5.74) is 5.82. The van der Waals surface area contributed by atoms with Gasteiger partial charge >= 0.3 is 12.1 Å². The Labute approximate surface area is 111 Å². The molecule has 0 aliphatic heterocycles. The lowest BCUT2D eigenvalue weighted by Gasteiger charge is -1.93. The van der Waals surface area contributed by atoms with Gasteiger partial charge in [0.1, 0.15) is 0 Å². The average molecular weight is 296 g/mol. The molecule has 0 saturated carbocycles. The molecule has 8 heteroatoms. The lowest BCUT2D eigenvalue weighted by Crippen LogP contribution is -2.21. The maximum absolute atomic E-state index is 10.6. The van der Waals surface area contributed by atoms with E-state index in [9.17, 15) is 18.0 Å². The van der Waals surface area contributed by atoms with Crippen molar-refractivity contribution in [2.45, 2.75) is 6.18 Å². The lowest BCUT2D eigenvalue weighted by atomic mass is 10.2. The molecule has 1 rings (SSSR count). The third-order valence-electron chi connectivity index (χ3n) is 1.55. The molecule has 0 aliphatic rings. The van der Waals surface area contributed by atoms with E-state index in [0.29, 0.717) is 5.02 Å². The predicted molar refractivity (Wildman–Crippen MR) is 63.4 cm³/mol. The van der Waals surface area contributed by atoms with E-state index in [1.165, 1.54) is 6.08 Å². The third-order valence-corrected chi connectivity index (χ3v) is 1.80. The Morgan fingerprint density at radius 1 is 1.21 bits per heavy atom. The number of carboxylic acid groups (broad SMARTS) is 1. The molecule has 1 aromatic carbocycles. The normalized spacial score (nSPS) is 10.7. The van der Waals surface area contributed by atoms with Crippen LogP contribution in [0.25, 0.3) is 6.08 Å². The van der Waals surface area contributed by atoms with Crippen LogP contribution < -0.4 is 5.73 Å². The van der Waals surface area contributed by atoms with Crippen LogP contribution >= 0.6 is 11.6 Å². The number of carboxylic acids is 1. The van der Waals surface area contributed by atoms with Crippen molar-refractivity contribution < 1.29 is 27.9 Å². The number of carbonyl (C=O) groups is 2. The third kappa shape index (κ3) is 8.67. The highest BCUT2D eigenvalue weighted by Crippen LogP contribution is 2.13. The van der Waals surface area contributed by atoms with E-state index in [2.05, 4.69) is 0 Å². The summed E-state index contributed by atoms with van der Waals surface area (Å²) in [5, 5.41) is 7.80.